The first-order valence-electron chi connectivity index (χ1n) is 8.25. The van der Waals surface area contributed by atoms with Crippen LogP contribution in [-0.4, -0.2) is 55.7 Å². The molecule has 1 unspecified atom stereocenters. The van der Waals surface area contributed by atoms with Crippen LogP contribution in [0, 0.1) is 0 Å². The number of rotatable bonds is 7. The standard InChI is InChI=1S/C17H25N3O4.ClH/c1-2-5-13(18)17(22)19-14-6-3-4-7-15(14)24-12-16(21)20-8-10-23-11-9-20;/h3-4,6-7,13H,2,5,8-12,18H2,1H3,(H,19,22);1H. The number of nitrogens with two attached hydrogens (primary N) is 1. The summed E-state index contributed by atoms with van der Waals surface area (Å²) in [5.41, 5.74) is 6.34. The number of hydrogen-bond acceptors (Lipinski definition) is 5. The minimum absolute atomic E-state index is 0. The number of carbonyl (C=O) groups is 2. The van der Waals surface area contributed by atoms with Gasteiger partial charge in [-0.25, -0.2) is 0 Å². The monoisotopic (exact) mass is 371 g/mol. The molecule has 0 bridgehead atoms. The van der Waals surface area contributed by atoms with Crippen LogP contribution in [0.1, 0.15) is 19.8 Å². The number of amides is 2. The summed E-state index contributed by atoms with van der Waals surface area (Å²) in [4.78, 5) is 25.9. The van der Waals surface area contributed by atoms with Gasteiger partial charge >= 0.3 is 0 Å². The Morgan fingerprint density at radius 1 is 1.32 bits per heavy atom. The molecule has 0 aromatic heterocycles. The van der Waals surface area contributed by atoms with Gasteiger partial charge < -0.3 is 25.4 Å². The van der Waals surface area contributed by atoms with E-state index in [1.807, 2.05) is 6.92 Å². The van der Waals surface area contributed by atoms with E-state index in [9.17, 15) is 9.59 Å². The second-order valence-electron chi connectivity index (χ2n) is 5.66. The Hall–Kier alpha value is -1.83. The zero-order valence-electron chi connectivity index (χ0n) is 14.4. The Kier molecular flexibility index (Phi) is 9.26. The summed E-state index contributed by atoms with van der Waals surface area (Å²) in [6.07, 6.45) is 1.45. The van der Waals surface area contributed by atoms with Gasteiger partial charge in [0.2, 0.25) is 5.91 Å². The third kappa shape index (κ3) is 6.53. The first kappa shape index (κ1) is 21.2. The van der Waals surface area contributed by atoms with E-state index < -0.39 is 6.04 Å². The smallest absolute Gasteiger partial charge is 0.260 e. The van der Waals surface area contributed by atoms with Gasteiger partial charge in [0.15, 0.2) is 6.61 Å². The summed E-state index contributed by atoms with van der Waals surface area (Å²) in [5, 5.41) is 2.76. The third-order valence-corrected chi connectivity index (χ3v) is 3.80. The fraction of sp³-hybridized carbons (Fsp3) is 0.529. The predicted octanol–water partition coefficient (Wildman–Crippen LogP) is 1.41. The number of nitrogens with one attached hydrogen (secondary N) is 1. The third-order valence-electron chi connectivity index (χ3n) is 3.80. The summed E-state index contributed by atoms with van der Waals surface area (Å²) in [6.45, 7) is 4.15. The second-order valence-corrected chi connectivity index (χ2v) is 5.66. The second kappa shape index (κ2) is 10.9. The zero-order chi connectivity index (χ0) is 17.4. The first-order valence-corrected chi connectivity index (χ1v) is 8.25. The van der Waals surface area contributed by atoms with Crippen molar-refractivity contribution in [2.24, 2.45) is 5.73 Å². The van der Waals surface area contributed by atoms with E-state index >= 15 is 0 Å². The molecule has 140 valence electrons. The Labute approximate surface area is 154 Å². The van der Waals surface area contributed by atoms with E-state index in [4.69, 9.17) is 15.2 Å². The molecule has 1 atom stereocenters. The molecule has 25 heavy (non-hydrogen) atoms. The van der Waals surface area contributed by atoms with Gasteiger partial charge in [-0.3, -0.25) is 9.59 Å². The molecule has 0 aliphatic carbocycles. The van der Waals surface area contributed by atoms with E-state index in [1.54, 1.807) is 29.2 Å². The lowest BCUT2D eigenvalue weighted by molar-refractivity contribution is -0.137. The highest BCUT2D eigenvalue weighted by atomic mass is 35.5. The normalized spacial score (nSPS) is 15.0. The topological polar surface area (TPSA) is 93.9 Å². The number of ether oxygens (including phenoxy) is 2. The molecule has 1 aromatic rings. The highest BCUT2D eigenvalue weighted by molar-refractivity contribution is 5.96. The molecule has 2 rings (SSSR count). The maximum Gasteiger partial charge on any atom is 0.260 e. The van der Waals surface area contributed by atoms with Crippen molar-refractivity contribution in [3.05, 3.63) is 24.3 Å². The van der Waals surface area contributed by atoms with Crippen molar-refractivity contribution >= 4 is 29.9 Å². The highest BCUT2D eigenvalue weighted by Crippen LogP contribution is 2.24. The molecule has 8 heteroatoms. The van der Waals surface area contributed by atoms with Gasteiger partial charge in [0.1, 0.15) is 5.75 Å². The SMILES string of the molecule is CCCC(N)C(=O)Nc1ccccc1OCC(=O)N1CCOCC1.Cl. The van der Waals surface area contributed by atoms with Crippen molar-refractivity contribution in [2.75, 3.05) is 38.2 Å². The van der Waals surface area contributed by atoms with Crippen LogP contribution in [0.25, 0.3) is 0 Å². The van der Waals surface area contributed by atoms with Gasteiger partial charge in [-0.2, -0.15) is 0 Å². The average molecular weight is 372 g/mol. The van der Waals surface area contributed by atoms with E-state index in [0.29, 0.717) is 44.2 Å². The first-order chi connectivity index (χ1) is 11.6. The molecule has 3 N–H and O–H groups in total. The lowest BCUT2D eigenvalue weighted by Crippen LogP contribution is -2.43. The van der Waals surface area contributed by atoms with E-state index in [2.05, 4.69) is 5.32 Å². The quantitative estimate of drug-likeness (QED) is 0.755. The van der Waals surface area contributed by atoms with Crippen LogP contribution in [0.5, 0.6) is 5.75 Å². The highest BCUT2D eigenvalue weighted by Gasteiger charge is 2.18. The number of morpholine rings is 1. The minimum atomic E-state index is -0.557. The summed E-state index contributed by atoms with van der Waals surface area (Å²) in [7, 11) is 0. The Balaban J connectivity index is 0.00000312. The summed E-state index contributed by atoms with van der Waals surface area (Å²) >= 11 is 0. The summed E-state index contributed by atoms with van der Waals surface area (Å²) < 4.78 is 10.8. The van der Waals surface area contributed by atoms with Crippen molar-refractivity contribution in [3.8, 4) is 5.75 Å². The van der Waals surface area contributed by atoms with Gasteiger partial charge in [0.05, 0.1) is 24.9 Å². The van der Waals surface area contributed by atoms with Gasteiger partial charge in [0.25, 0.3) is 5.91 Å². The van der Waals surface area contributed by atoms with Gasteiger partial charge in [-0.1, -0.05) is 25.5 Å². The van der Waals surface area contributed by atoms with Crippen molar-refractivity contribution in [2.45, 2.75) is 25.8 Å². The Morgan fingerprint density at radius 2 is 2.00 bits per heavy atom. The molecule has 2 amide bonds. The molecular formula is C17H26ClN3O4. The number of benzene rings is 1. The van der Waals surface area contributed by atoms with Crippen LogP contribution < -0.4 is 15.8 Å². The molecule has 1 heterocycles. The number of nitrogens with zero attached hydrogens (tertiary/aromatic N) is 1. The van der Waals surface area contributed by atoms with E-state index in [0.717, 1.165) is 6.42 Å². The lowest BCUT2D eigenvalue weighted by Gasteiger charge is -2.26. The minimum Gasteiger partial charge on any atom is -0.482 e. The zero-order valence-corrected chi connectivity index (χ0v) is 15.2. The molecule has 1 aliphatic rings. The van der Waals surface area contributed by atoms with Gasteiger partial charge in [-0.15, -0.1) is 12.4 Å². The average Bonchev–Trinajstić information content (AvgIpc) is 2.61. The van der Waals surface area contributed by atoms with Gasteiger partial charge in [0, 0.05) is 13.1 Å². The van der Waals surface area contributed by atoms with E-state index in [1.165, 1.54) is 0 Å². The summed E-state index contributed by atoms with van der Waals surface area (Å²) in [6, 6.07) is 6.46. The van der Waals surface area contributed by atoms with Crippen LogP contribution >= 0.6 is 12.4 Å². The maximum absolute atomic E-state index is 12.1. The van der Waals surface area contributed by atoms with Crippen LogP contribution in [0.3, 0.4) is 0 Å². The summed E-state index contributed by atoms with van der Waals surface area (Å²) in [5.74, 6) is 0.102. The number of halogens is 1. The maximum atomic E-state index is 12.1. The fourth-order valence-corrected chi connectivity index (χ4v) is 2.41. The molecule has 0 spiro atoms. The molecule has 1 aliphatic heterocycles. The Bertz CT molecular complexity index is 565. The predicted molar refractivity (Wildman–Crippen MR) is 98.1 cm³/mol. The molecule has 0 radical (unpaired) electrons. The number of anilines is 1. The van der Waals surface area contributed by atoms with Crippen LogP contribution in [0.15, 0.2) is 24.3 Å². The van der Waals surface area contributed by atoms with Gasteiger partial charge in [-0.05, 0) is 18.6 Å². The fourth-order valence-electron chi connectivity index (χ4n) is 2.41. The van der Waals surface area contributed by atoms with Crippen molar-refractivity contribution in [3.63, 3.8) is 0 Å². The van der Waals surface area contributed by atoms with E-state index in [-0.39, 0.29) is 30.8 Å². The largest absolute Gasteiger partial charge is 0.482 e. The molecule has 1 fully saturated rings. The van der Waals surface area contributed by atoms with Crippen molar-refractivity contribution in [1.29, 1.82) is 0 Å². The number of hydrogen-bond donors (Lipinski definition) is 2. The number of para-hydroxylation sites is 2. The van der Waals surface area contributed by atoms with Crippen molar-refractivity contribution < 1.29 is 19.1 Å². The Morgan fingerprint density at radius 3 is 2.68 bits per heavy atom. The van der Waals surface area contributed by atoms with Crippen molar-refractivity contribution in [1.82, 2.24) is 4.90 Å². The molecular weight excluding hydrogens is 346 g/mol. The molecule has 1 saturated heterocycles. The van der Waals surface area contributed by atoms with Crippen LogP contribution in [-0.2, 0) is 14.3 Å². The number of carbonyl (C=O) groups excluding carboxylic acids is 2. The molecule has 1 aromatic carbocycles. The van der Waals surface area contributed by atoms with Crippen LogP contribution in [0.2, 0.25) is 0 Å². The lowest BCUT2D eigenvalue weighted by atomic mass is 10.1. The molecule has 0 saturated carbocycles. The van der Waals surface area contributed by atoms with Crippen LogP contribution in [0.4, 0.5) is 5.69 Å². The molecule has 7 nitrogen and oxygen atoms in total.